The van der Waals surface area contributed by atoms with Crippen LogP contribution < -0.4 is 15.2 Å². The van der Waals surface area contributed by atoms with Crippen molar-refractivity contribution in [2.24, 2.45) is 5.73 Å². The molecule has 4 rings (SSSR count). The number of rotatable bonds is 13. The average molecular weight is 867 g/mol. The van der Waals surface area contributed by atoms with Crippen LogP contribution in [0.1, 0.15) is 33.7 Å². The monoisotopic (exact) mass is 866 g/mol. The highest BCUT2D eigenvalue weighted by Crippen LogP contribution is 2.49. The molecule has 4 N–H and O–H groups in total. The van der Waals surface area contributed by atoms with Crippen molar-refractivity contribution in [3.63, 3.8) is 0 Å². The summed E-state index contributed by atoms with van der Waals surface area (Å²) in [6, 6.07) is 13.4. The summed E-state index contributed by atoms with van der Waals surface area (Å²) in [4.78, 5) is 9.63. The van der Waals surface area contributed by atoms with Gasteiger partial charge in [-0.05, 0) is 53.9 Å². The van der Waals surface area contributed by atoms with Crippen molar-refractivity contribution in [3.05, 3.63) is 129 Å². The molecule has 25 heteroatoms. The molecule has 1 unspecified atom stereocenters. The summed E-state index contributed by atoms with van der Waals surface area (Å²) < 4.78 is 208. The van der Waals surface area contributed by atoms with Crippen molar-refractivity contribution >= 4 is 46.9 Å². The Kier molecular flexibility index (Phi) is 11.6. The molecule has 1 atom stereocenters. The number of nitrogens with zero attached hydrogens (tertiary/aromatic N) is 1. The van der Waals surface area contributed by atoms with Gasteiger partial charge < -0.3 is 5.73 Å². The van der Waals surface area contributed by atoms with Gasteiger partial charge in [-0.1, -0.05) is 60.2 Å². The Morgan fingerprint density at radius 3 is 1.43 bits per heavy atom. The molecule has 56 heavy (non-hydrogen) atoms. The molecule has 0 heterocycles. The van der Waals surface area contributed by atoms with Crippen LogP contribution >= 0.6 is 0 Å². The van der Waals surface area contributed by atoms with Crippen LogP contribution in [0, 0.1) is 17.0 Å². The number of nitrogens with two attached hydrogens (primary N) is 1. The molecule has 0 aliphatic heterocycles. The van der Waals surface area contributed by atoms with E-state index in [9.17, 15) is 79.3 Å². The Morgan fingerprint density at radius 1 is 0.661 bits per heavy atom. The second-order valence-electron chi connectivity index (χ2n) is 11.8. The zero-order valence-corrected chi connectivity index (χ0v) is 30.1. The number of hydrogen-bond acceptors (Lipinski definition) is 9. The van der Waals surface area contributed by atoms with E-state index in [1.165, 1.54) is 33.7 Å². The third-order valence-corrected chi connectivity index (χ3v) is 12.1. The molecule has 304 valence electrons. The number of sulfone groups is 1. The van der Waals surface area contributed by atoms with Crippen LogP contribution in [0.15, 0.2) is 95.9 Å². The smallest absolute Gasteiger partial charge is 0.317 e. The summed E-state index contributed by atoms with van der Waals surface area (Å²) in [5, 5.41) is 6.79. The highest BCUT2D eigenvalue weighted by molar-refractivity contribution is 7.94. The van der Waals surface area contributed by atoms with Crippen molar-refractivity contribution in [1.82, 2.24) is 0 Å². The molecule has 0 radical (unpaired) electrons. The summed E-state index contributed by atoms with van der Waals surface area (Å²) in [5.74, 6) is -1.74. The molecule has 12 nitrogen and oxygen atoms in total. The third-order valence-electron chi connectivity index (χ3n) is 8.14. The van der Waals surface area contributed by atoms with Gasteiger partial charge in [0.25, 0.3) is 5.69 Å². The predicted octanol–water partition coefficient (Wildman–Crippen LogP) is 7.09. The van der Waals surface area contributed by atoms with E-state index in [0.717, 1.165) is 48.5 Å². The first kappa shape index (κ1) is 43.7. The lowest BCUT2D eigenvalue weighted by molar-refractivity contribution is -0.386. The first-order chi connectivity index (χ1) is 25.5. The minimum Gasteiger partial charge on any atom is -0.317 e. The summed E-state index contributed by atoms with van der Waals surface area (Å²) in [5.41, 5.74) is -10.1. The fraction of sp³-hybridized carbons (Fsp3) is 0.226. The highest BCUT2D eigenvalue weighted by atomic mass is 32.2. The largest absolute Gasteiger partial charge is 0.516 e. The number of benzene rings is 4. The maximum Gasteiger partial charge on any atom is 0.516 e. The zero-order valence-electron chi connectivity index (χ0n) is 27.6. The summed E-state index contributed by atoms with van der Waals surface area (Å²) >= 11 is 0. The number of anilines is 2. The zero-order chi connectivity index (χ0) is 42.4. The molecule has 0 amide bonds. The Balaban J connectivity index is 2.08. The second kappa shape index (κ2) is 14.8. The number of alkyl halides is 10. The number of sulfonamides is 2. The first-order valence-electron chi connectivity index (χ1n) is 14.9. The van der Waals surface area contributed by atoms with E-state index >= 15 is 0 Å². The summed E-state index contributed by atoms with van der Waals surface area (Å²) in [7, 11) is -18.3. The van der Waals surface area contributed by atoms with E-state index < -0.39 is 96.5 Å². The predicted molar refractivity (Wildman–Crippen MR) is 179 cm³/mol. The van der Waals surface area contributed by atoms with E-state index in [2.05, 4.69) is 0 Å². The van der Waals surface area contributed by atoms with Crippen LogP contribution in [0.3, 0.4) is 0 Å². The molecule has 0 saturated carbocycles. The van der Waals surface area contributed by atoms with Gasteiger partial charge in [0.05, 0.1) is 15.4 Å². The standard InChI is InChI=1S/C31H24F10N4O8S3/c1-17-2-4-18(5-3-17)26(24-15-14-23(16-25(24)45(46)47)54(48,49)29(34,35)27(32)33)28(42,19-6-10-21(11-7-19)43-55(50,51)30(36,37)38)20-8-12-22(13-9-20)44-56(52,53)31(39,40)41/h2-16,26-27,43-44H,42H2,1H3. The summed E-state index contributed by atoms with van der Waals surface area (Å²) in [6.07, 6.45) is -4.77. The number of hydrogen-bond donors (Lipinski definition) is 3. The Labute approximate surface area is 310 Å². The van der Waals surface area contributed by atoms with E-state index in [-0.39, 0.29) is 22.8 Å². The topological polar surface area (TPSA) is 196 Å². The number of halogens is 10. The number of nitrogens with one attached hydrogen (secondary N) is 2. The fourth-order valence-electron chi connectivity index (χ4n) is 5.37. The van der Waals surface area contributed by atoms with Gasteiger partial charge in [0.1, 0.15) is 0 Å². The van der Waals surface area contributed by atoms with Crippen molar-refractivity contribution in [2.45, 2.75) is 46.0 Å². The summed E-state index contributed by atoms with van der Waals surface area (Å²) in [6.45, 7) is 1.60. The molecular formula is C31H24F10N4O8S3. The number of nitro benzene ring substituents is 1. The van der Waals surface area contributed by atoms with Gasteiger partial charge in [-0.3, -0.25) is 19.6 Å². The van der Waals surface area contributed by atoms with E-state index in [4.69, 9.17) is 5.73 Å². The number of nitro groups is 1. The first-order valence-corrected chi connectivity index (χ1v) is 19.4. The molecule has 0 aromatic heterocycles. The van der Waals surface area contributed by atoms with Crippen molar-refractivity contribution in [3.8, 4) is 0 Å². The van der Waals surface area contributed by atoms with E-state index in [1.54, 1.807) is 6.92 Å². The van der Waals surface area contributed by atoms with Crippen LogP contribution in [0.5, 0.6) is 0 Å². The van der Waals surface area contributed by atoms with Gasteiger partial charge in [-0.25, -0.2) is 17.2 Å². The van der Waals surface area contributed by atoms with Gasteiger partial charge in [-0.15, -0.1) is 0 Å². The van der Waals surface area contributed by atoms with Gasteiger partial charge in [0.2, 0.25) is 9.84 Å². The normalized spacial score (nSPS) is 14.0. The lowest BCUT2D eigenvalue weighted by Crippen LogP contribution is -2.45. The van der Waals surface area contributed by atoms with Gasteiger partial charge in [-0.2, -0.15) is 52.0 Å². The molecule has 0 spiro atoms. The maximum absolute atomic E-state index is 14.2. The molecule has 0 aliphatic carbocycles. The van der Waals surface area contributed by atoms with Crippen LogP contribution in [-0.4, -0.2) is 52.9 Å². The van der Waals surface area contributed by atoms with Gasteiger partial charge in [0.15, 0.2) is 0 Å². The maximum atomic E-state index is 14.2. The van der Waals surface area contributed by atoms with Crippen LogP contribution in [0.4, 0.5) is 61.0 Å². The third kappa shape index (κ3) is 8.24. The molecule has 0 fully saturated rings. The van der Waals surface area contributed by atoms with Crippen molar-refractivity contribution < 1.29 is 74.1 Å². The van der Waals surface area contributed by atoms with E-state index in [0.29, 0.717) is 17.7 Å². The molecule has 0 bridgehead atoms. The van der Waals surface area contributed by atoms with Crippen molar-refractivity contribution in [1.29, 1.82) is 0 Å². The van der Waals surface area contributed by atoms with Crippen LogP contribution in [0.25, 0.3) is 0 Å². The van der Waals surface area contributed by atoms with Crippen molar-refractivity contribution in [2.75, 3.05) is 9.44 Å². The Hall–Kier alpha value is -5.01. The quantitative estimate of drug-likeness (QED) is 0.0714. The van der Waals surface area contributed by atoms with Gasteiger partial charge in [0, 0.05) is 28.9 Å². The molecule has 4 aromatic rings. The SMILES string of the molecule is Cc1ccc(C(c2ccc(S(=O)(=O)C(F)(F)C(F)F)cc2[N+](=O)[O-])C(N)(c2ccc(NS(=O)(=O)C(F)(F)F)cc2)c2ccc(NS(=O)(=O)C(F)(F)F)cc2)cc1. The highest BCUT2D eigenvalue weighted by Gasteiger charge is 2.55. The van der Waals surface area contributed by atoms with Gasteiger partial charge >= 0.3 is 42.7 Å². The minimum absolute atomic E-state index is 0.00146. The molecule has 0 aliphatic rings. The fourth-order valence-corrected chi connectivity index (χ4v) is 7.56. The minimum atomic E-state index is -6.30. The molecule has 4 aromatic carbocycles. The van der Waals surface area contributed by atoms with Crippen LogP contribution in [0.2, 0.25) is 0 Å². The Morgan fingerprint density at radius 2 is 1.07 bits per heavy atom. The second-order valence-corrected chi connectivity index (χ2v) is 17.2. The van der Waals surface area contributed by atoms with E-state index in [1.807, 2.05) is 0 Å². The number of aryl methyl sites for hydroxylation is 1. The lowest BCUT2D eigenvalue weighted by atomic mass is 9.67. The molecule has 0 saturated heterocycles. The molecular weight excluding hydrogens is 843 g/mol. The Bertz CT molecular complexity index is 2360. The average Bonchev–Trinajstić information content (AvgIpc) is 3.08. The van der Waals surface area contributed by atoms with Crippen LogP contribution in [-0.2, 0) is 35.4 Å². The lowest BCUT2D eigenvalue weighted by Gasteiger charge is -2.39.